The number of aliphatic hydroxyl groups excluding tert-OH is 1. The second-order valence-corrected chi connectivity index (χ2v) is 2.74. The molecule has 0 fully saturated rings. The summed E-state index contributed by atoms with van der Waals surface area (Å²) in [5.41, 5.74) is 4.92. The van der Waals surface area contributed by atoms with Crippen LogP contribution >= 0.6 is 11.6 Å². The van der Waals surface area contributed by atoms with Crippen molar-refractivity contribution in [3.05, 3.63) is 22.3 Å². The number of anilines is 1. The number of halogens is 3. The standard InChI is InChI=1S/C7H7ClF2N2O/c8-5-3(2-13)1-4(6(9)10)12-7(5)11/h1,6,13H,2H2,(H2,11,12). The van der Waals surface area contributed by atoms with E-state index in [-0.39, 0.29) is 16.4 Å². The number of nitrogen functional groups attached to an aromatic ring is 1. The van der Waals surface area contributed by atoms with E-state index in [4.69, 9.17) is 22.4 Å². The third-order valence-electron chi connectivity index (χ3n) is 1.47. The number of hydrogen-bond acceptors (Lipinski definition) is 3. The number of alkyl halides is 2. The number of rotatable bonds is 2. The molecule has 3 N–H and O–H groups in total. The van der Waals surface area contributed by atoms with E-state index >= 15 is 0 Å². The topological polar surface area (TPSA) is 59.1 Å². The molecule has 0 saturated heterocycles. The van der Waals surface area contributed by atoms with Gasteiger partial charge < -0.3 is 10.8 Å². The number of aliphatic hydroxyl groups is 1. The molecule has 0 bridgehead atoms. The minimum absolute atomic E-state index is 0.0203. The summed E-state index contributed by atoms with van der Waals surface area (Å²) in [7, 11) is 0. The van der Waals surface area contributed by atoms with Crippen molar-refractivity contribution in [3.63, 3.8) is 0 Å². The fraction of sp³-hybridized carbons (Fsp3) is 0.286. The molecule has 0 aromatic carbocycles. The van der Waals surface area contributed by atoms with Crippen molar-refractivity contribution in [2.24, 2.45) is 0 Å². The Balaban J connectivity index is 3.22. The average Bonchev–Trinajstić information content (AvgIpc) is 2.09. The molecule has 0 saturated carbocycles. The monoisotopic (exact) mass is 208 g/mol. The van der Waals surface area contributed by atoms with E-state index in [9.17, 15) is 8.78 Å². The largest absolute Gasteiger partial charge is 0.392 e. The smallest absolute Gasteiger partial charge is 0.280 e. The predicted molar refractivity (Wildman–Crippen MR) is 44.5 cm³/mol. The van der Waals surface area contributed by atoms with Crippen molar-refractivity contribution in [2.45, 2.75) is 13.0 Å². The average molecular weight is 209 g/mol. The lowest BCUT2D eigenvalue weighted by Crippen LogP contribution is -2.01. The third kappa shape index (κ3) is 2.05. The van der Waals surface area contributed by atoms with Crippen LogP contribution in [-0.2, 0) is 6.61 Å². The predicted octanol–water partition coefficient (Wildman–Crippen LogP) is 1.75. The van der Waals surface area contributed by atoms with Gasteiger partial charge in [0.2, 0.25) is 0 Å². The lowest BCUT2D eigenvalue weighted by Gasteiger charge is -2.06. The Bertz CT molecular complexity index is 320. The van der Waals surface area contributed by atoms with Crippen molar-refractivity contribution in [2.75, 3.05) is 5.73 Å². The van der Waals surface area contributed by atoms with Crippen LogP contribution in [0.2, 0.25) is 5.02 Å². The maximum atomic E-state index is 12.2. The minimum Gasteiger partial charge on any atom is -0.392 e. The summed E-state index contributed by atoms with van der Waals surface area (Å²) in [6, 6.07) is 1.03. The van der Waals surface area contributed by atoms with Crippen molar-refractivity contribution in [1.29, 1.82) is 0 Å². The fourth-order valence-corrected chi connectivity index (χ4v) is 1.01. The Labute approximate surface area is 78.1 Å². The van der Waals surface area contributed by atoms with E-state index in [2.05, 4.69) is 4.98 Å². The molecule has 3 nitrogen and oxygen atoms in total. The molecule has 0 atom stereocenters. The first-order chi connectivity index (χ1) is 6.06. The zero-order valence-corrected chi connectivity index (χ0v) is 7.22. The molecule has 1 aromatic rings. The van der Waals surface area contributed by atoms with Gasteiger partial charge in [-0.15, -0.1) is 0 Å². The summed E-state index contributed by atoms with van der Waals surface area (Å²) < 4.78 is 24.3. The van der Waals surface area contributed by atoms with Crippen LogP contribution in [0.4, 0.5) is 14.6 Å². The quantitative estimate of drug-likeness (QED) is 0.779. The van der Waals surface area contributed by atoms with Gasteiger partial charge in [0.1, 0.15) is 11.5 Å². The SMILES string of the molecule is Nc1nc(C(F)F)cc(CO)c1Cl. The molecule has 0 spiro atoms. The van der Waals surface area contributed by atoms with E-state index in [0.29, 0.717) is 0 Å². The Kier molecular flexibility index (Phi) is 3.00. The molecule has 1 rings (SSSR count). The first-order valence-electron chi connectivity index (χ1n) is 3.40. The van der Waals surface area contributed by atoms with Gasteiger partial charge in [0, 0.05) is 5.56 Å². The molecule has 1 aromatic heterocycles. The van der Waals surface area contributed by atoms with Crippen molar-refractivity contribution in [1.82, 2.24) is 4.98 Å². The maximum absolute atomic E-state index is 12.2. The van der Waals surface area contributed by atoms with Gasteiger partial charge in [0.15, 0.2) is 0 Å². The highest BCUT2D eigenvalue weighted by Gasteiger charge is 2.14. The summed E-state index contributed by atoms with van der Waals surface area (Å²) in [4.78, 5) is 3.37. The number of aromatic nitrogens is 1. The van der Waals surface area contributed by atoms with Crippen LogP contribution in [0.5, 0.6) is 0 Å². The van der Waals surface area contributed by atoms with Gasteiger partial charge in [0.25, 0.3) is 6.43 Å². The van der Waals surface area contributed by atoms with Crippen LogP contribution in [-0.4, -0.2) is 10.1 Å². The normalized spacial score (nSPS) is 10.8. The van der Waals surface area contributed by atoms with Gasteiger partial charge in [0.05, 0.1) is 11.6 Å². The number of nitrogens with zero attached hydrogens (tertiary/aromatic N) is 1. The highest BCUT2D eigenvalue weighted by Crippen LogP contribution is 2.26. The molecule has 72 valence electrons. The van der Waals surface area contributed by atoms with E-state index in [1.165, 1.54) is 0 Å². The second kappa shape index (κ2) is 3.85. The molecule has 0 radical (unpaired) electrons. The number of nitrogens with two attached hydrogens (primary N) is 1. The summed E-state index contributed by atoms with van der Waals surface area (Å²) in [5, 5.41) is 8.76. The van der Waals surface area contributed by atoms with Gasteiger partial charge in [-0.05, 0) is 6.07 Å². The molecule has 6 heteroatoms. The van der Waals surface area contributed by atoms with Crippen molar-refractivity contribution in [3.8, 4) is 0 Å². The molecule has 0 unspecified atom stereocenters. The lowest BCUT2D eigenvalue weighted by molar-refractivity contribution is 0.146. The Morgan fingerprint density at radius 3 is 2.69 bits per heavy atom. The molecule has 0 aliphatic rings. The van der Waals surface area contributed by atoms with E-state index in [0.717, 1.165) is 6.07 Å². The van der Waals surface area contributed by atoms with Gasteiger partial charge >= 0.3 is 0 Å². The molecular formula is C7H7ClF2N2O. The minimum atomic E-state index is -2.72. The molecule has 0 aliphatic carbocycles. The van der Waals surface area contributed by atoms with Gasteiger partial charge in [-0.25, -0.2) is 13.8 Å². The Hall–Kier alpha value is -0.940. The first-order valence-corrected chi connectivity index (χ1v) is 3.78. The molecular weight excluding hydrogens is 202 g/mol. The van der Waals surface area contributed by atoms with E-state index in [1.54, 1.807) is 0 Å². The van der Waals surface area contributed by atoms with E-state index in [1.807, 2.05) is 0 Å². The van der Waals surface area contributed by atoms with Gasteiger partial charge in [-0.3, -0.25) is 0 Å². The molecule has 1 heterocycles. The van der Waals surface area contributed by atoms with Crippen LogP contribution in [0, 0.1) is 0 Å². The zero-order chi connectivity index (χ0) is 10.0. The van der Waals surface area contributed by atoms with Gasteiger partial charge in [-0.1, -0.05) is 11.6 Å². The highest BCUT2D eigenvalue weighted by molar-refractivity contribution is 6.33. The van der Waals surface area contributed by atoms with Crippen molar-refractivity contribution >= 4 is 17.4 Å². The van der Waals surface area contributed by atoms with Gasteiger partial charge in [-0.2, -0.15) is 0 Å². The third-order valence-corrected chi connectivity index (χ3v) is 1.91. The maximum Gasteiger partial charge on any atom is 0.280 e. The summed E-state index contributed by atoms with van der Waals surface area (Å²) in [6.45, 7) is -0.439. The highest BCUT2D eigenvalue weighted by atomic mass is 35.5. The van der Waals surface area contributed by atoms with Crippen LogP contribution in [0.25, 0.3) is 0 Å². The molecule has 0 aliphatic heterocycles. The van der Waals surface area contributed by atoms with Crippen LogP contribution in [0.3, 0.4) is 0 Å². The van der Waals surface area contributed by atoms with Crippen LogP contribution in [0.1, 0.15) is 17.7 Å². The fourth-order valence-electron chi connectivity index (χ4n) is 0.854. The van der Waals surface area contributed by atoms with Crippen LogP contribution in [0.15, 0.2) is 6.07 Å². The zero-order valence-electron chi connectivity index (χ0n) is 6.47. The lowest BCUT2D eigenvalue weighted by atomic mass is 10.2. The van der Waals surface area contributed by atoms with E-state index < -0.39 is 18.7 Å². The molecule has 0 amide bonds. The Morgan fingerprint density at radius 2 is 2.23 bits per heavy atom. The number of hydrogen-bond donors (Lipinski definition) is 2. The summed E-state index contributed by atoms with van der Waals surface area (Å²) >= 11 is 5.58. The Morgan fingerprint density at radius 1 is 1.62 bits per heavy atom. The summed E-state index contributed by atoms with van der Waals surface area (Å²) in [5.74, 6) is -0.191. The van der Waals surface area contributed by atoms with Crippen LogP contribution < -0.4 is 5.73 Å². The summed E-state index contributed by atoms with van der Waals surface area (Å²) in [6.07, 6.45) is -2.72. The second-order valence-electron chi connectivity index (χ2n) is 2.36. The number of pyridine rings is 1. The van der Waals surface area contributed by atoms with Crippen molar-refractivity contribution < 1.29 is 13.9 Å². The molecule has 13 heavy (non-hydrogen) atoms. The first kappa shape index (κ1) is 10.1.